The van der Waals surface area contributed by atoms with Crippen molar-refractivity contribution < 1.29 is 69.0 Å². The van der Waals surface area contributed by atoms with E-state index in [4.69, 9.17) is 39.0 Å². The van der Waals surface area contributed by atoms with Gasteiger partial charge in [-0.2, -0.15) is 0 Å². The molecule has 0 aromatic rings. The summed E-state index contributed by atoms with van der Waals surface area (Å²) >= 11 is 0. The molecule has 0 amide bonds. The van der Waals surface area contributed by atoms with Crippen LogP contribution in [0.15, 0.2) is 22.7 Å². The number of aliphatic hydroxyl groups excluding tert-OH is 2. The van der Waals surface area contributed by atoms with Crippen molar-refractivity contribution in [2.75, 3.05) is 0 Å². The van der Waals surface area contributed by atoms with E-state index in [2.05, 4.69) is 0 Å². The minimum absolute atomic E-state index is 0. The molecular formula is C15H30O10PdSi2. The van der Waals surface area contributed by atoms with Crippen LogP contribution < -0.4 is 0 Å². The Bertz CT molecular complexity index is 568. The zero-order chi connectivity index (χ0) is 22.0. The van der Waals surface area contributed by atoms with Crippen molar-refractivity contribution in [3.05, 3.63) is 22.7 Å². The number of ketones is 2. The minimum Gasteiger partial charge on any atom is -0.512 e. The Morgan fingerprint density at radius 3 is 1.21 bits per heavy atom. The molecule has 0 saturated heterocycles. The first-order chi connectivity index (χ1) is 12.0. The Labute approximate surface area is 179 Å². The molecule has 0 fully saturated rings. The van der Waals surface area contributed by atoms with E-state index in [-0.39, 0.29) is 86.0 Å². The van der Waals surface area contributed by atoms with E-state index >= 15 is 0 Å². The van der Waals surface area contributed by atoms with Gasteiger partial charge in [0.2, 0.25) is 0 Å². The maximum atomic E-state index is 10.9. The number of carbonyl (C=O) groups is 2. The summed E-state index contributed by atoms with van der Waals surface area (Å²) in [4.78, 5) is 73.9. The van der Waals surface area contributed by atoms with Gasteiger partial charge < -0.3 is 39.0 Å². The van der Waals surface area contributed by atoms with E-state index in [9.17, 15) is 9.59 Å². The first kappa shape index (κ1) is 32.0. The summed E-state index contributed by atoms with van der Waals surface area (Å²) in [6.07, 6.45) is 0.490. The molecule has 0 radical (unpaired) electrons. The van der Waals surface area contributed by atoms with Crippen molar-refractivity contribution in [1.29, 1.82) is 0 Å². The van der Waals surface area contributed by atoms with E-state index in [1.807, 2.05) is 0 Å². The van der Waals surface area contributed by atoms with Crippen LogP contribution >= 0.6 is 0 Å². The van der Waals surface area contributed by atoms with Crippen LogP contribution in [0.25, 0.3) is 0 Å². The van der Waals surface area contributed by atoms with Crippen LogP contribution in [0, 0.1) is 0 Å². The molecule has 13 heteroatoms. The molecular weight excluding hydrogens is 503 g/mol. The fourth-order valence-corrected chi connectivity index (χ4v) is 3.25. The van der Waals surface area contributed by atoms with Crippen molar-refractivity contribution in [3.63, 3.8) is 0 Å². The molecule has 0 bridgehead atoms. The molecule has 8 N–H and O–H groups in total. The molecule has 0 aliphatic heterocycles. The van der Waals surface area contributed by atoms with E-state index in [1.54, 1.807) is 0 Å². The molecule has 0 rings (SSSR count). The standard InChI is InChI=1S/C8H16O5Si.C7H14O5Si.Pd/c1-6(9)8(7(2)10)4-3-5-14(11,12)13;1-5(8)7(6(2)9)3-4-13(10,11)12;/h9,11-13H,3-5H2,1-2H3;8,10-12H,3-4H2,1-2H3;/b8-6-;7-5-;. The number of aliphatic hydroxyl groups is 2. The Morgan fingerprint density at radius 1 is 0.643 bits per heavy atom. The number of carbonyl (C=O) groups excluding carboxylic acids is 2. The number of hydrogen-bond acceptors (Lipinski definition) is 10. The molecule has 0 aromatic heterocycles. The van der Waals surface area contributed by atoms with Gasteiger partial charge in [0.15, 0.2) is 11.6 Å². The summed E-state index contributed by atoms with van der Waals surface area (Å²) in [5, 5.41) is 18.1. The van der Waals surface area contributed by atoms with Crippen molar-refractivity contribution in [2.45, 2.75) is 59.0 Å². The third-order valence-corrected chi connectivity index (χ3v) is 5.32. The summed E-state index contributed by atoms with van der Waals surface area (Å²) in [7, 11) is -8.12. The summed E-state index contributed by atoms with van der Waals surface area (Å²) in [6.45, 7) is 5.34. The van der Waals surface area contributed by atoms with E-state index < -0.39 is 17.6 Å². The van der Waals surface area contributed by atoms with E-state index in [1.165, 1.54) is 27.7 Å². The molecule has 10 nitrogen and oxygen atoms in total. The fourth-order valence-electron chi connectivity index (χ4n) is 2.02. The monoisotopic (exact) mass is 532 g/mol. The predicted octanol–water partition coefficient (Wildman–Crippen LogP) is -0.186. The third-order valence-electron chi connectivity index (χ3n) is 3.37. The molecule has 0 saturated carbocycles. The Morgan fingerprint density at radius 2 is 0.964 bits per heavy atom. The number of hydrogen-bond donors (Lipinski definition) is 8. The molecule has 28 heavy (non-hydrogen) atoms. The van der Waals surface area contributed by atoms with Crippen LogP contribution in [0.1, 0.15) is 47.0 Å². The molecule has 0 unspecified atom stereocenters. The quantitative estimate of drug-likeness (QED) is 0.112. The second-order valence-corrected chi connectivity index (χ2v) is 10.2. The van der Waals surface area contributed by atoms with E-state index in [0.717, 1.165) is 0 Å². The first-order valence-corrected chi connectivity index (χ1v) is 12.2. The van der Waals surface area contributed by atoms with Gasteiger partial charge in [0.25, 0.3) is 0 Å². The molecule has 0 atom stereocenters. The van der Waals surface area contributed by atoms with Gasteiger partial charge in [-0.15, -0.1) is 0 Å². The Kier molecular flexibility index (Phi) is 16.3. The van der Waals surface area contributed by atoms with Gasteiger partial charge in [-0.3, -0.25) is 9.59 Å². The summed E-state index contributed by atoms with van der Waals surface area (Å²) in [5.74, 6) is -0.784. The predicted molar refractivity (Wildman–Crippen MR) is 100 cm³/mol. The zero-order valence-electron chi connectivity index (χ0n) is 16.2. The fraction of sp³-hybridized carbons (Fsp3) is 0.600. The third kappa shape index (κ3) is 18.6. The number of Topliss-reactive ketones (excluding diaryl/α,β-unsaturated/α-hetero) is 2. The number of allylic oxidation sites excluding steroid dienone is 4. The molecule has 0 aromatic carbocycles. The van der Waals surface area contributed by atoms with Gasteiger partial charge in [0.05, 0.1) is 11.5 Å². The Balaban J connectivity index is -0.000000432. The molecule has 168 valence electrons. The van der Waals surface area contributed by atoms with Gasteiger partial charge in [-0.05, 0) is 47.0 Å². The average molecular weight is 533 g/mol. The van der Waals surface area contributed by atoms with Crippen LogP contribution in [-0.4, -0.2) is 68.2 Å². The second-order valence-electron chi connectivity index (χ2n) is 6.14. The largest absolute Gasteiger partial charge is 0.512 e. The van der Waals surface area contributed by atoms with Crippen LogP contribution in [0.2, 0.25) is 12.1 Å². The number of rotatable bonds is 9. The molecule has 0 aliphatic rings. The van der Waals surface area contributed by atoms with Gasteiger partial charge in [0.1, 0.15) is 0 Å². The zero-order valence-corrected chi connectivity index (χ0v) is 19.8. The van der Waals surface area contributed by atoms with Crippen molar-refractivity contribution in [3.8, 4) is 0 Å². The molecule has 0 aliphatic carbocycles. The smallest absolute Gasteiger partial charge is 0.493 e. The van der Waals surface area contributed by atoms with E-state index in [0.29, 0.717) is 0 Å². The van der Waals surface area contributed by atoms with Gasteiger partial charge in [-0.1, -0.05) is 0 Å². The van der Waals surface area contributed by atoms with Crippen LogP contribution in [-0.2, 0) is 30.0 Å². The normalized spacial score (nSPS) is 13.4. The molecule has 0 spiro atoms. The minimum atomic E-state index is -4.11. The maximum Gasteiger partial charge on any atom is 0.493 e. The van der Waals surface area contributed by atoms with Crippen molar-refractivity contribution in [1.82, 2.24) is 0 Å². The van der Waals surface area contributed by atoms with Gasteiger partial charge >= 0.3 is 17.6 Å². The van der Waals surface area contributed by atoms with Gasteiger partial charge in [0, 0.05) is 43.7 Å². The van der Waals surface area contributed by atoms with Crippen molar-refractivity contribution in [2.24, 2.45) is 0 Å². The maximum absolute atomic E-state index is 10.9. The van der Waals surface area contributed by atoms with Crippen LogP contribution in [0.4, 0.5) is 0 Å². The summed E-state index contributed by atoms with van der Waals surface area (Å²) < 4.78 is 0. The second kappa shape index (κ2) is 14.3. The first-order valence-electron chi connectivity index (χ1n) is 8.11. The van der Waals surface area contributed by atoms with Gasteiger partial charge in [-0.25, -0.2) is 0 Å². The van der Waals surface area contributed by atoms with Crippen molar-refractivity contribution >= 4 is 29.2 Å². The van der Waals surface area contributed by atoms with Crippen LogP contribution in [0.3, 0.4) is 0 Å². The summed E-state index contributed by atoms with van der Waals surface area (Å²) in [5.41, 5.74) is 0.386. The molecule has 0 heterocycles. The topological polar surface area (TPSA) is 196 Å². The summed E-state index contributed by atoms with van der Waals surface area (Å²) in [6, 6.07) is -0.406. The Hall–Kier alpha value is -0.724. The van der Waals surface area contributed by atoms with Crippen LogP contribution in [0.5, 0.6) is 0 Å². The SMILES string of the molecule is CC(=O)/C(CCC[Si](O)(O)O)=C(/C)O.CC(=O)/C(CC[Si](O)(O)O)=C(/C)O.[Pd]. The average Bonchev–Trinajstić information content (AvgIpc) is 2.40.